The van der Waals surface area contributed by atoms with Crippen molar-refractivity contribution in [2.75, 3.05) is 68.0 Å². The molecule has 4 aliphatic heterocycles. The van der Waals surface area contributed by atoms with Gasteiger partial charge in [-0.05, 0) is 54.3 Å². The van der Waals surface area contributed by atoms with Crippen molar-refractivity contribution >= 4 is 56.6 Å². The summed E-state index contributed by atoms with van der Waals surface area (Å²) in [5, 5.41) is 16.1. The molecule has 3 fully saturated rings. The number of imide groups is 1. The molecule has 0 radical (unpaired) electrons. The van der Waals surface area contributed by atoms with Crippen molar-refractivity contribution in [2.45, 2.75) is 38.3 Å². The lowest BCUT2D eigenvalue weighted by Gasteiger charge is -2.48. The third kappa shape index (κ3) is 6.68. The molecule has 14 heteroatoms. The van der Waals surface area contributed by atoms with Crippen LogP contribution >= 0.6 is 0 Å². The van der Waals surface area contributed by atoms with E-state index in [0.717, 1.165) is 114 Å². The highest BCUT2D eigenvalue weighted by Crippen LogP contribution is 2.37. The topological polar surface area (TPSA) is 146 Å². The van der Waals surface area contributed by atoms with Gasteiger partial charge in [0.15, 0.2) is 0 Å². The maximum atomic E-state index is 12.7. The SMILES string of the molecule is Cc1c(-c2ccc3cnc(Nc4ccc(CN5CC(N6CCN(c7cccc8c(C9CCC(=O)NC9=O)nn(C)c78)CC6)C5)cc4)nc3c2)cnc2c1NCCO2. The predicted octanol–water partition coefficient (Wildman–Crippen LogP) is 4.96. The predicted molar refractivity (Wildman–Crippen MR) is 220 cm³/mol. The smallest absolute Gasteiger partial charge is 0.237 e. The van der Waals surface area contributed by atoms with E-state index >= 15 is 0 Å². The molecule has 3 aromatic carbocycles. The van der Waals surface area contributed by atoms with Gasteiger partial charge >= 0.3 is 0 Å². The quantitative estimate of drug-likeness (QED) is 0.180. The average molecular weight is 764 g/mol. The highest BCUT2D eigenvalue weighted by atomic mass is 16.5. The molecule has 0 saturated carbocycles. The van der Waals surface area contributed by atoms with E-state index in [-0.39, 0.29) is 11.8 Å². The Hall–Kier alpha value is -6.12. The number of hydrogen-bond donors (Lipinski definition) is 3. The van der Waals surface area contributed by atoms with Crippen molar-refractivity contribution in [3.05, 3.63) is 89.9 Å². The Morgan fingerprint density at radius 2 is 1.81 bits per heavy atom. The number of nitrogens with zero attached hydrogens (tertiary/aromatic N) is 8. The second-order valence-electron chi connectivity index (χ2n) is 15.6. The van der Waals surface area contributed by atoms with Gasteiger partial charge in [0, 0.05) is 106 Å². The fourth-order valence-electron chi connectivity index (χ4n) is 8.89. The van der Waals surface area contributed by atoms with Crippen molar-refractivity contribution in [1.29, 1.82) is 0 Å². The first-order valence-corrected chi connectivity index (χ1v) is 19.8. The summed E-state index contributed by atoms with van der Waals surface area (Å²) >= 11 is 0. The van der Waals surface area contributed by atoms with Gasteiger partial charge in [0.25, 0.3) is 0 Å². The number of fused-ring (bicyclic) bond motifs is 3. The first-order valence-electron chi connectivity index (χ1n) is 19.8. The Labute approximate surface area is 330 Å². The van der Waals surface area contributed by atoms with Crippen LogP contribution in [0, 0.1) is 6.92 Å². The fraction of sp³-hybridized carbons (Fsp3) is 0.349. The zero-order valence-corrected chi connectivity index (χ0v) is 32.2. The zero-order chi connectivity index (χ0) is 38.6. The third-order valence-corrected chi connectivity index (χ3v) is 12.0. The Bertz CT molecular complexity index is 2520. The summed E-state index contributed by atoms with van der Waals surface area (Å²) in [6.45, 7) is 10.4. The molecule has 0 bridgehead atoms. The highest BCUT2D eigenvalue weighted by molar-refractivity contribution is 6.03. The molecule has 7 heterocycles. The summed E-state index contributed by atoms with van der Waals surface area (Å²) in [5.41, 5.74) is 10.2. The number of aryl methyl sites for hydroxylation is 1. The molecule has 4 aliphatic rings. The van der Waals surface area contributed by atoms with E-state index in [1.165, 1.54) is 5.56 Å². The fourth-order valence-corrected chi connectivity index (χ4v) is 8.89. The number of hydrogen-bond acceptors (Lipinski definition) is 12. The molecule has 1 unspecified atom stereocenters. The Morgan fingerprint density at radius 3 is 2.63 bits per heavy atom. The van der Waals surface area contributed by atoms with Gasteiger partial charge in [-0.25, -0.2) is 15.0 Å². The summed E-state index contributed by atoms with van der Waals surface area (Å²) in [4.78, 5) is 46.0. The monoisotopic (exact) mass is 763 g/mol. The van der Waals surface area contributed by atoms with Crippen molar-refractivity contribution in [2.24, 2.45) is 7.05 Å². The van der Waals surface area contributed by atoms with Crippen molar-refractivity contribution < 1.29 is 14.3 Å². The number of piperidine rings is 1. The maximum Gasteiger partial charge on any atom is 0.237 e. The molecule has 0 spiro atoms. The van der Waals surface area contributed by atoms with Gasteiger partial charge in [-0.2, -0.15) is 5.10 Å². The van der Waals surface area contributed by atoms with Crippen LogP contribution < -0.4 is 25.6 Å². The summed E-state index contributed by atoms with van der Waals surface area (Å²) < 4.78 is 7.62. The first-order chi connectivity index (χ1) is 27.8. The molecule has 57 heavy (non-hydrogen) atoms. The van der Waals surface area contributed by atoms with Crippen LogP contribution in [0.5, 0.6) is 5.88 Å². The van der Waals surface area contributed by atoms with Gasteiger partial charge in [0.1, 0.15) is 12.3 Å². The van der Waals surface area contributed by atoms with Gasteiger partial charge < -0.3 is 20.3 Å². The summed E-state index contributed by atoms with van der Waals surface area (Å²) in [6, 6.07) is 21.6. The number of rotatable bonds is 8. The van der Waals surface area contributed by atoms with E-state index in [1.807, 2.05) is 30.2 Å². The van der Waals surface area contributed by atoms with Crippen LogP contribution in [0.2, 0.25) is 0 Å². The molecule has 6 aromatic rings. The summed E-state index contributed by atoms with van der Waals surface area (Å²) in [6.07, 6.45) is 4.57. The Balaban J connectivity index is 0.731. The molecule has 1 atom stereocenters. The zero-order valence-electron chi connectivity index (χ0n) is 32.2. The Morgan fingerprint density at radius 1 is 0.965 bits per heavy atom. The number of piperazine rings is 1. The highest BCUT2D eigenvalue weighted by Gasteiger charge is 2.35. The van der Waals surface area contributed by atoms with Gasteiger partial charge in [-0.3, -0.25) is 29.4 Å². The third-order valence-electron chi connectivity index (χ3n) is 12.0. The maximum absolute atomic E-state index is 12.7. The molecule has 2 amide bonds. The van der Waals surface area contributed by atoms with Gasteiger partial charge in [-0.15, -0.1) is 0 Å². The second kappa shape index (κ2) is 14.4. The summed E-state index contributed by atoms with van der Waals surface area (Å²) in [7, 11) is 1.95. The van der Waals surface area contributed by atoms with Crippen LogP contribution in [0.1, 0.15) is 35.6 Å². The van der Waals surface area contributed by atoms with Crippen molar-refractivity contribution in [3.63, 3.8) is 0 Å². The number of amides is 2. The number of pyridine rings is 1. The normalized spacial score (nSPS) is 19.2. The Kier molecular flexibility index (Phi) is 8.94. The van der Waals surface area contributed by atoms with Crippen LogP contribution in [0.25, 0.3) is 32.9 Å². The average Bonchev–Trinajstić information content (AvgIpc) is 3.55. The molecule has 3 N–H and O–H groups in total. The second-order valence-corrected chi connectivity index (χ2v) is 15.6. The number of ether oxygens (including phenoxy) is 1. The molecule has 3 saturated heterocycles. The molecule has 290 valence electrons. The number of carbonyl (C=O) groups excluding carboxylic acids is 2. The number of nitrogens with one attached hydrogen (secondary N) is 3. The van der Waals surface area contributed by atoms with E-state index in [0.29, 0.717) is 37.3 Å². The van der Waals surface area contributed by atoms with Crippen molar-refractivity contribution in [1.82, 2.24) is 39.8 Å². The van der Waals surface area contributed by atoms with Crippen molar-refractivity contribution in [3.8, 4) is 17.0 Å². The van der Waals surface area contributed by atoms with Gasteiger partial charge in [-0.1, -0.05) is 36.4 Å². The number of anilines is 4. The summed E-state index contributed by atoms with van der Waals surface area (Å²) in [5.74, 6) is 0.354. The number of para-hydroxylation sites is 1. The lowest BCUT2D eigenvalue weighted by Crippen LogP contribution is -2.62. The first kappa shape index (κ1) is 35.3. The minimum absolute atomic E-state index is 0.208. The molecule has 10 rings (SSSR count). The number of likely N-dealkylation sites (tertiary alicyclic amines) is 1. The number of carbonyl (C=O) groups is 2. The minimum Gasteiger partial charge on any atom is -0.474 e. The van der Waals surface area contributed by atoms with Crippen LogP contribution in [0.15, 0.2) is 73.1 Å². The minimum atomic E-state index is -0.405. The van der Waals surface area contributed by atoms with Gasteiger partial charge in [0.2, 0.25) is 23.6 Å². The largest absolute Gasteiger partial charge is 0.474 e. The van der Waals surface area contributed by atoms with Crippen LogP contribution in [0.4, 0.5) is 23.0 Å². The molecular weight excluding hydrogens is 719 g/mol. The van der Waals surface area contributed by atoms with Crippen LogP contribution in [-0.4, -0.2) is 105 Å². The number of aromatic nitrogens is 5. The van der Waals surface area contributed by atoms with E-state index in [2.05, 4.69) is 102 Å². The van der Waals surface area contributed by atoms with Gasteiger partial charge in [0.05, 0.1) is 28.3 Å². The molecule has 0 aliphatic carbocycles. The molecular formula is C43H45N11O3. The van der Waals surface area contributed by atoms with Crippen LogP contribution in [0.3, 0.4) is 0 Å². The van der Waals surface area contributed by atoms with E-state index in [9.17, 15) is 9.59 Å². The molecule has 3 aromatic heterocycles. The van der Waals surface area contributed by atoms with E-state index in [4.69, 9.17) is 14.8 Å². The molecule has 14 nitrogen and oxygen atoms in total. The van der Waals surface area contributed by atoms with Crippen LogP contribution in [-0.2, 0) is 23.2 Å². The van der Waals surface area contributed by atoms with E-state index < -0.39 is 5.92 Å². The standard InChI is InChI=1S/C43H45N11O3/c1-26-34(22-45-42-38(26)44-14-19-57-42)28-8-9-29-21-46-43(48-35(29)20-28)47-30-10-6-27(7-11-30)23-52-24-31(25-52)53-15-17-54(18-16-53)36-5-3-4-32-39(50-51(2)40(32)36)33-12-13-37(55)49-41(33)56/h3-11,20-22,31,33,44H,12-19,23-25H2,1-2H3,(H,46,47,48)(H,49,55,56). The lowest BCUT2D eigenvalue weighted by molar-refractivity contribution is -0.134. The number of benzene rings is 3. The van der Waals surface area contributed by atoms with E-state index in [1.54, 1.807) is 0 Å². The lowest BCUT2D eigenvalue weighted by atomic mass is 9.92.